The summed E-state index contributed by atoms with van der Waals surface area (Å²) < 4.78 is 6.38. The molecule has 2 rings (SSSR count). The van der Waals surface area contributed by atoms with Crippen molar-refractivity contribution in [3.8, 4) is 5.75 Å². The zero-order valence-corrected chi connectivity index (χ0v) is 12.7. The van der Waals surface area contributed by atoms with Crippen LogP contribution in [0.15, 0.2) is 22.7 Å². The number of benzene rings is 1. The highest BCUT2D eigenvalue weighted by Crippen LogP contribution is 2.36. The lowest BCUT2D eigenvalue weighted by Crippen LogP contribution is -2.39. The minimum Gasteiger partial charge on any atom is -0.492 e. The number of rotatable bonds is 5. The normalized spacial score (nSPS) is 16.4. The summed E-state index contributed by atoms with van der Waals surface area (Å²) in [7, 11) is 0. The lowest BCUT2D eigenvalue weighted by atomic mass is 9.99. The predicted molar refractivity (Wildman–Crippen MR) is 76.9 cm³/mol. The zero-order valence-electron chi connectivity index (χ0n) is 11.1. The number of ether oxygens (including phenoxy) is 1. The Morgan fingerprint density at radius 2 is 2.25 bits per heavy atom. The molecule has 20 heavy (non-hydrogen) atoms. The summed E-state index contributed by atoms with van der Waals surface area (Å²) in [4.78, 5) is 24.8. The summed E-state index contributed by atoms with van der Waals surface area (Å²) >= 11 is 3.38. The molecule has 0 saturated carbocycles. The number of carboxylic acid groups (broad SMARTS) is 1. The van der Waals surface area contributed by atoms with Crippen molar-refractivity contribution in [3.63, 3.8) is 0 Å². The molecule has 1 aromatic rings. The monoisotopic (exact) mass is 341 g/mol. The summed E-state index contributed by atoms with van der Waals surface area (Å²) in [5.41, 5.74) is 0.816. The highest BCUT2D eigenvalue weighted by Gasteiger charge is 2.34. The number of halogens is 1. The van der Waals surface area contributed by atoms with Gasteiger partial charge in [-0.15, -0.1) is 0 Å². The number of carboxylic acids is 1. The molecule has 0 spiro atoms. The van der Waals surface area contributed by atoms with Gasteiger partial charge in [-0.1, -0.05) is 22.9 Å². The van der Waals surface area contributed by atoms with Crippen molar-refractivity contribution in [2.45, 2.75) is 19.3 Å². The van der Waals surface area contributed by atoms with Crippen molar-refractivity contribution in [3.05, 3.63) is 28.2 Å². The molecule has 6 heteroatoms. The van der Waals surface area contributed by atoms with E-state index in [9.17, 15) is 9.59 Å². The Morgan fingerprint density at radius 3 is 2.90 bits per heavy atom. The third-order valence-corrected chi connectivity index (χ3v) is 3.68. The van der Waals surface area contributed by atoms with Gasteiger partial charge in [-0.25, -0.2) is 0 Å². The number of hydrogen-bond donors (Lipinski definition) is 1. The van der Waals surface area contributed by atoms with E-state index in [1.165, 1.54) is 4.90 Å². The van der Waals surface area contributed by atoms with E-state index in [4.69, 9.17) is 9.84 Å². The molecule has 1 aliphatic heterocycles. The van der Waals surface area contributed by atoms with Crippen molar-refractivity contribution < 1.29 is 19.4 Å². The first-order chi connectivity index (χ1) is 9.52. The van der Waals surface area contributed by atoms with Gasteiger partial charge >= 0.3 is 5.97 Å². The van der Waals surface area contributed by atoms with E-state index in [1.54, 1.807) is 0 Å². The second-order valence-electron chi connectivity index (χ2n) is 4.70. The van der Waals surface area contributed by atoms with Crippen molar-refractivity contribution >= 4 is 27.8 Å². The van der Waals surface area contributed by atoms with Crippen LogP contribution in [0.25, 0.3) is 0 Å². The molecule has 1 aromatic carbocycles. The molecule has 0 fully saturated rings. The van der Waals surface area contributed by atoms with E-state index in [-0.39, 0.29) is 19.1 Å². The van der Waals surface area contributed by atoms with E-state index < -0.39 is 11.9 Å². The largest absolute Gasteiger partial charge is 0.492 e. The van der Waals surface area contributed by atoms with Crippen molar-refractivity contribution in [2.75, 3.05) is 19.7 Å². The maximum atomic E-state index is 12.5. The lowest BCUT2D eigenvalue weighted by molar-refractivity contribution is -0.145. The number of carbonyl (C=O) groups excluding carboxylic acids is 1. The fourth-order valence-corrected chi connectivity index (χ4v) is 2.69. The molecule has 0 bridgehead atoms. The SMILES string of the molecule is CCCN(CC(=O)O)C(=O)C1COc2ccc(Br)cc21. The van der Waals surface area contributed by atoms with E-state index in [2.05, 4.69) is 15.9 Å². The molecule has 0 aromatic heterocycles. The molecular formula is C14H16BrNO4. The van der Waals surface area contributed by atoms with Gasteiger partial charge in [0.15, 0.2) is 0 Å². The van der Waals surface area contributed by atoms with Gasteiger partial charge in [0.1, 0.15) is 24.8 Å². The van der Waals surface area contributed by atoms with Gasteiger partial charge in [-0.3, -0.25) is 9.59 Å². The average Bonchev–Trinajstić information content (AvgIpc) is 2.79. The molecule has 1 aliphatic rings. The van der Waals surface area contributed by atoms with Gasteiger partial charge in [0.05, 0.1) is 0 Å². The van der Waals surface area contributed by atoms with Gasteiger partial charge in [-0.05, 0) is 24.6 Å². The zero-order chi connectivity index (χ0) is 14.7. The van der Waals surface area contributed by atoms with Gasteiger partial charge in [0.25, 0.3) is 0 Å². The lowest BCUT2D eigenvalue weighted by Gasteiger charge is -2.23. The molecule has 1 heterocycles. The number of aliphatic carboxylic acids is 1. The van der Waals surface area contributed by atoms with Crippen LogP contribution in [0.3, 0.4) is 0 Å². The minimum atomic E-state index is -1.000. The van der Waals surface area contributed by atoms with Crippen LogP contribution in [0.5, 0.6) is 5.75 Å². The van der Waals surface area contributed by atoms with Crippen LogP contribution in [0, 0.1) is 0 Å². The van der Waals surface area contributed by atoms with Crippen LogP contribution in [0.2, 0.25) is 0 Å². The predicted octanol–water partition coefficient (Wildman–Crippen LogP) is 2.25. The number of amides is 1. The molecule has 1 N–H and O–H groups in total. The third kappa shape index (κ3) is 3.12. The van der Waals surface area contributed by atoms with Crippen molar-refractivity contribution in [2.24, 2.45) is 0 Å². The van der Waals surface area contributed by atoms with Crippen molar-refractivity contribution in [1.82, 2.24) is 4.90 Å². The van der Waals surface area contributed by atoms with Gasteiger partial charge < -0.3 is 14.7 Å². The summed E-state index contributed by atoms with van der Waals surface area (Å²) in [5, 5.41) is 8.91. The van der Waals surface area contributed by atoms with Gasteiger partial charge in [0, 0.05) is 16.6 Å². The second-order valence-corrected chi connectivity index (χ2v) is 5.61. The summed E-state index contributed by atoms with van der Waals surface area (Å²) in [6.07, 6.45) is 0.720. The molecule has 1 atom stereocenters. The molecule has 1 amide bonds. The molecule has 5 nitrogen and oxygen atoms in total. The summed E-state index contributed by atoms with van der Waals surface area (Å²) in [6.45, 7) is 2.35. The Bertz CT molecular complexity index is 532. The third-order valence-electron chi connectivity index (χ3n) is 3.18. The first-order valence-electron chi connectivity index (χ1n) is 6.45. The highest BCUT2D eigenvalue weighted by molar-refractivity contribution is 9.10. The quantitative estimate of drug-likeness (QED) is 0.891. The number of hydrogen-bond acceptors (Lipinski definition) is 3. The molecule has 108 valence electrons. The van der Waals surface area contributed by atoms with Crippen LogP contribution in [0.1, 0.15) is 24.8 Å². The maximum Gasteiger partial charge on any atom is 0.323 e. The molecule has 1 unspecified atom stereocenters. The molecule has 0 aliphatic carbocycles. The first kappa shape index (κ1) is 14.8. The van der Waals surface area contributed by atoms with Crippen LogP contribution in [-0.2, 0) is 9.59 Å². The van der Waals surface area contributed by atoms with Gasteiger partial charge in [-0.2, -0.15) is 0 Å². The minimum absolute atomic E-state index is 0.189. The van der Waals surface area contributed by atoms with Crippen molar-refractivity contribution in [1.29, 1.82) is 0 Å². The topological polar surface area (TPSA) is 66.8 Å². The van der Waals surface area contributed by atoms with Crippen LogP contribution in [-0.4, -0.2) is 41.6 Å². The summed E-state index contributed by atoms with van der Waals surface area (Å²) in [5.74, 6) is -0.919. The standard InChI is InChI=1S/C14H16BrNO4/c1-2-5-16(7-13(17)18)14(19)11-8-20-12-4-3-9(15)6-10(11)12/h3-4,6,11H,2,5,7-8H2,1H3,(H,17,18). The van der Waals surface area contributed by atoms with E-state index in [1.807, 2.05) is 25.1 Å². The molecule has 0 radical (unpaired) electrons. The Balaban J connectivity index is 2.21. The smallest absolute Gasteiger partial charge is 0.323 e. The number of nitrogens with zero attached hydrogens (tertiary/aromatic N) is 1. The Kier molecular flexibility index (Phi) is 4.65. The fourth-order valence-electron chi connectivity index (χ4n) is 2.31. The van der Waals surface area contributed by atoms with Gasteiger partial charge in [0.2, 0.25) is 5.91 Å². The van der Waals surface area contributed by atoms with Crippen LogP contribution >= 0.6 is 15.9 Å². The Labute approximate surface area is 125 Å². The first-order valence-corrected chi connectivity index (χ1v) is 7.25. The Hall–Kier alpha value is -1.56. The number of fused-ring (bicyclic) bond motifs is 1. The highest BCUT2D eigenvalue weighted by atomic mass is 79.9. The van der Waals surface area contributed by atoms with Crippen LogP contribution < -0.4 is 4.74 Å². The number of carbonyl (C=O) groups is 2. The van der Waals surface area contributed by atoms with E-state index in [0.717, 1.165) is 16.5 Å². The van der Waals surface area contributed by atoms with E-state index in [0.29, 0.717) is 12.3 Å². The van der Waals surface area contributed by atoms with E-state index >= 15 is 0 Å². The van der Waals surface area contributed by atoms with Crippen LogP contribution in [0.4, 0.5) is 0 Å². The molecule has 0 saturated heterocycles. The summed E-state index contributed by atoms with van der Waals surface area (Å²) in [6, 6.07) is 5.52. The maximum absolute atomic E-state index is 12.5. The second kappa shape index (κ2) is 6.26. The molecular weight excluding hydrogens is 326 g/mol. The average molecular weight is 342 g/mol. The fraction of sp³-hybridized carbons (Fsp3) is 0.429. The Morgan fingerprint density at radius 1 is 1.50 bits per heavy atom.